The molecule has 0 saturated carbocycles. The first-order valence-electron chi connectivity index (χ1n) is 6.97. The smallest absolute Gasteiger partial charge is 0.254 e. The van der Waals surface area contributed by atoms with Crippen LogP contribution in [0.15, 0.2) is 29.2 Å². The van der Waals surface area contributed by atoms with E-state index in [9.17, 15) is 4.79 Å². The van der Waals surface area contributed by atoms with Gasteiger partial charge < -0.3 is 10.2 Å². The molecule has 0 aliphatic carbocycles. The molecule has 19 heavy (non-hydrogen) atoms. The van der Waals surface area contributed by atoms with E-state index >= 15 is 0 Å². The Bertz CT molecular complexity index is 446. The Labute approximate surface area is 118 Å². The van der Waals surface area contributed by atoms with Gasteiger partial charge in [0.05, 0.1) is 0 Å². The molecule has 2 saturated heterocycles. The third-order valence-corrected chi connectivity index (χ3v) is 4.97. The highest BCUT2D eigenvalue weighted by molar-refractivity contribution is 7.98. The zero-order valence-electron chi connectivity index (χ0n) is 11.3. The summed E-state index contributed by atoms with van der Waals surface area (Å²) >= 11 is 1.71. The number of hydrogen-bond acceptors (Lipinski definition) is 3. The number of carbonyl (C=O) groups is 1. The van der Waals surface area contributed by atoms with E-state index in [4.69, 9.17) is 0 Å². The van der Waals surface area contributed by atoms with Gasteiger partial charge >= 0.3 is 0 Å². The molecule has 1 aromatic carbocycles. The molecular formula is C15H20N2OS. The molecule has 2 unspecified atom stereocenters. The fourth-order valence-corrected chi connectivity index (χ4v) is 3.60. The molecule has 4 heteroatoms. The van der Waals surface area contributed by atoms with E-state index in [1.165, 1.54) is 11.3 Å². The van der Waals surface area contributed by atoms with E-state index in [0.717, 1.165) is 31.5 Å². The van der Waals surface area contributed by atoms with Gasteiger partial charge in [-0.3, -0.25) is 4.79 Å². The monoisotopic (exact) mass is 276 g/mol. The molecule has 1 amide bonds. The Balaban J connectivity index is 1.82. The van der Waals surface area contributed by atoms with Crippen molar-refractivity contribution in [3.05, 3.63) is 29.8 Å². The van der Waals surface area contributed by atoms with Crippen molar-refractivity contribution in [1.29, 1.82) is 0 Å². The Morgan fingerprint density at radius 1 is 1.21 bits per heavy atom. The van der Waals surface area contributed by atoms with Crippen LogP contribution >= 0.6 is 11.8 Å². The third-order valence-electron chi connectivity index (χ3n) is 4.23. The summed E-state index contributed by atoms with van der Waals surface area (Å²) in [7, 11) is 0. The first-order valence-corrected chi connectivity index (χ1v) is 8.19. The topological polar surface area (TPSA) is 32.3 Å². The van der Waals surface area contributed by atoms with Crippen molar-refractivity contribution in [2.75, 3.05) is 19.3 Å². The van der Waals surface area contributed by atoms with Gasteiger partial charge in [-0.25, -0.2) is 0 Å². The summed E-state index contributed by atoms with van der Waals surface area (Å²) in [4.78, 5) is 16.0. The summed E-state index contributed by atoms with van der Waals surface area (Å²) in [6.45, 7) is 1.99. The molecule has 2 bridgehead atoms. The summed E-state index contributed by atoms with van der Waals surface area (Å²) in [6.07, 6.45) is 5.45. The minimum absolute atomic E-state index is 0.212. The van der Waals surface area contributed by atoms with Crippen molar-refractivity contribution in [3.8, 4) is 0 Å². The Morgan fingerprint density at radius 2 is 1.95 bits per heavy atom. The molecule has 1 N–H and O–H groups in total. The Hall–Kier alpha value is -1.00. The number of hydrogen-bond donors (Lipinski definition) is 1. The predicted molar refractivity (Wildman–Crippen MR) is 78.7 cm³/mol. The van der Waals surface area contributed by atoms with E-state index < -0.39 is 0 Å². The molecule has 3 nitrogen and oxygen atoms in total. The number of benzene rings is 1. The number of nitrogens with one attached hydrogen (secondary N) is 1. The molecule has 1 aromatic rings. The fraction of sp³-hybridized carbons (Fsp3) is 0.533. The second kappa shape index (κ2) is 5.55. The Kier molecular flexibility index (Phi) is 3.80. The van der Waals surface area contributed by atoms with Gasteiger partial charge in [-0.05, 0) is 56.3 Å². The van der Waals surface area contributed by atoms with Crippen LogP contribution in [-0.2, 0) is 0 Å². The second-order valence-corrected chi connectivity index (χ2v) is 6.20. The van der Waals surface area contributed by atoms with Gasteiger partial charge in [0.15, 0.2) is 0 Å². The van der Waals surface area contributed by atoms with Gasteiger partial charge in [-0.2, -0.15) is 0 Å². The predicted octanol–water partition coefficient (Wildman–Crippen LogP) is 2.38. The van der Waals surface area contributed by atoms with Crippen LogP contribution in [0.2, 0.25) is 0 Å². The van der Waals surface area contributed by atoms with Gasteiger partial charge in [0.2, 0.25) is 0 Å². The molecule has 0 radical (unpaired) electrons. The highest BCUT2D eigenvalue weighted by atomic mass is 32.2. The highest BCUT2D eigenvalue weighted by Crippen LogP contribution is 2.29. The van der Waals surface area contributed by atoms with Crippen LogP contribution in [0.5, 0.6) is 0 Å². The lowest BCUT2D eigenvalue weighted by Crippen LogP contribution is -2.42. The Morgan fingerprint density at radius 3 is 2.68 bits per heavy atom. The van der Waals surface area contributed by atoms with Crippen molar-refractivity contribution < 1.29 is 4.79 Å². The molecule has 2 atom stereocenters. The molecular weight excluding hydrogens is 256 g/mol. The van der Waals surface area contributed by atoms with E-state index in [0.29, 0.717) is 12.1 Å². The van der Waals surface area contributed by atoms with Crippen LogP contribution in [-0.4, -0.2) is 42.2 Å². The molecule has 2 fully saturated rings. The maximum atomic E-state index is 12.7. The van der Waals surface area contributed by atoms with Crippen molar-refractivity contribution >= 4 is 17.7 Å². The number of nitrogens with zero attached hydrogens (tertiary/aromatic N) is 1. The summed E-state index contributed by atoms with van der Waals surface area (Å²) in [5.41, 5.74) is 0.830. The zero-order chi connectivity index (χ0) is 13.2. The van der Waals surface area contributed by atoms with E-state index in [2.05, 4.69) is 16.5 Å². The average molecular weight is 276 g/mol. The largest absolute Gasteiger partial charge is 0.331 e. The molecule has 0 spiro atoms. The lowest BCUT2D eigenvalue weighted by Gasteiger charge is -2.28. The molecule has 3 rings (SSSR count). The number of thioether (sulfide) groups is 1. The fourth-order valence-electron chi connectivity index (χ4n) is 3.20. The maximum Gasteiger partial charge on any atom is 0.254 e. The van der Waals surface area contributed by atoms with Crippen LogP contribution in [0.3, 0.4) is 0 Å². The summed E-state index contributed by atoms with van der Waals surface area (Å²) < 4.78 is 0. The first-order chi connectivity index (χ1) is 9.29. The number of fused-ring (bicyclic) bond motifs is 2. The second-order valence-electron chi connectivity index (χ2n) is 5.32. The average Bonchev–Trinajstić information content (AvgIpc) is 2.71. The summed E-state index contributed by atoms with van der Waals surface area (Å²) in [6, 6.07) is 8.83. The molecule has 2 aliphatic rings. The van der Waals surface area contributed by atoms with E-state index in [1.54, 1.807) is 11.8 Å². The minimum Gasteiger partial charge on any atom is -0.331 e. The normalized spacial score (nSPS) is 26.3. The third kappa shape index (κ3) is 2.51. The molecule has 0 aromatic heterocycles. The molecule has 102 valence electrons. The number of amides is 1. The summed E-state index contributed by atoms with van der Waals surface area (Å²) in [5, 5.41) is 3.44. The van der Waals surface area contributed by atoms with Gasteiger partial charge in [0, 0.05) is 29.1 Å². The lowest BCUT2D eigenvalue weighted by atomic mass is 10.1. The number of rotatable bonds is 2. The summed E-state index contributed by atoms with van der Waals surface area (Å²) in [5.74, 6) is 0.212. The SMILES string of the molecule is CSc1ccc(C(=O)N2C3CCNCC2CC3)cc1. The van der Waals surface area contributed by atoms with E-state index in [1.807, 2.05) is 24.3 Å². The van der Waals surface area contributed by atoms with E-state index in [-0.39, 0.29) is 5.91 Å². The molecule has 2 aliphatic heterocycles. The number of carbonyl (C=O) groups excluding carboxylic acids is 1. The van der Waals surface area contributed by atoms with Crippen LogP contribution in [0, 0.1) is 0 Å². The van der Waals surface area contributed by atoms with Crippen LogP contribution in [0.1, 0.15) is 29.6 Å². The van der Waals surface area contributed by atoms with Crippen molar-refractivity contribution in [2.24, 2.45) is 0 Å². The standard InChI is InChI=1S/C15H20N2OS/c1-19-14-6-2-11(3-7-14)15(18)17-12-4-5-13(17)10-16-9-8-12/h2-3,6-7,12-13,16H,4-5,8-10H2,1H3. The van der Waals surface area contributed by atoms with Crippen molar-refractivity contribution in [1.82, 2.24) is 10.2 Å². The van der Waals surface area contributed by atoms with Crippen LogP contribution < -0.4 is 5.32 Å². The van der Waals surface area contributed by atoms with Gasteiger partial charge in [-0.1, -0.05) is 0 Å². The highest BCUT2D eigenvalue weighted by Gasteiger charge is 2.38. The first kappa shape index (κ1) is 13.0. The quantitative estimate of drug-likeness (QED) is 0.842. The minimum atomic E-state index is 0.212. The van der Waals surface area contributed by atoms with Gasteiger partial charge in [0.1, 0.15) is 0 Å². The van der Waals surface area contributed by atoms with Crippen LogP contribution in [0.4, 0.5) is 0 Å². The van der Waals surface area contributed by atoms with Crippen molar-refractivity contribution in [3.63, 3.8) is 0 Å². The van der Waals surface area contributed by atoms with Gasteiger partial charge in [-0.15, -0.1) is 11.8 Å². The molecule has 2 heterocycles. The zero-order valence-corrected chi connectivity index (χ0v) is 12.1. The van der Waals surface area contributed by atoms with Crippen LogP contribution in [0.25, 0.3) is 0 Å². The maximum absolute atomic E-state index is 12.7. The van der Waals surface area contributed by atoms with Gasteiger partial charge in [0.25, 0.3) is 5.91 Å². The van der Waals surface area contributed by atoms with Crippen molar-refractivity contribution in [2.45, 2.75) is 36.2 Å². The lowest BCUT2D eigenvalue weighted by molar-refractivity contribution is 0.0680.